The minimum Gasteiger partial charge on any atom is -0.410 e. The van der Waals surface area contributed by atoms with Gasteiger partial charge in [-0.05, 0) is 23.3 Å². The van der Waals surface area contributed by atoms with Crippen molar-refractivity contribution in [2.24, 2.45) is 11.5 Å². The zero-order valence-electron chi connectivity index (χ0n) is 11.1. The van der Waals surface area contributed by atoms with Crippen LogP contribution in [0.5, 0.6) is 11.5 Å². The van der Waals surface area contributed by atoms with Crippen molar-refractivity contribution in [3.63, 3.8) is 0 Å². The van der Waals surface area contributed by atoms with Gasteiger partial charge in [0.15, 0.2) is 0 Å². The van der Waals surface area contributed by atoms with Gasteiger partial charge in [0.1, 0.15) is 11.5 Å². The number of nitrogens with two attached hydrogens (primary N) is 2. The molecule has 6 nitrogen and oxygen atoms in total. The SMILES string of the molecule is NC(=O)Oc1ccccc1Cc1ccccc1OC(N)=O. The molecule has 0 aliphatic heterocycles. The van der Waals surface area contributed by atoms with E-state index in [0.29, 0.717) is 17.9 Å². The Morgan fingerprint density at radius 1 is 0.762 bits per heavy atom. The lowest BCUT2D eigenvalue weighted by molar-refractivity contribution is 0.210. The summed E-state index contributed by atoms with van der Waals surface area (Å²) in [5.74, 6) is 0.720. The summed E-state index contributed by atoms with van der Waals surface area (Å²) in [6.07, 6.45) is -1.37. The van der Waals surface area contributed by atoms with Crippen molar-refractivity contribution in [2.45, 2.75) is 6.42 Å². The lowest BCUT2D eigenvalue weighted by Crippen LogP contribution is -2.18. The lowest BCUT2D eigenvalue weighted by atomic mass is 10.0. The number of para-hydroxylation sites is 2. The molecule has 0 radical (unpaired) electrons. The first-order valence-electron chi connectivity index (χ1n) is 6.16. The monoisotopic (exact) mass is 286 g/mol. The molecule has 2 rings (SSSR count). The van der Waals surface area contributed by atoms with Crippen LogP contribution in [0.1, 0.15) is 11.1 Å². The van der Waals surface area contributed by atoms with Crippen molar-refractivity contribution in [3.05, 3.63) is 59.7 Å². The van der Waals surface area contributed by atoms with Crippen molar-refractivity contribution in [2.75, 3.05) is 0 Å². The lowest BCUT2D eigenvalue weighted by Gasteiger charge is -2.11. The zero-order valence-corrected chi connectivity index (χ0v) is 11.1. The van der Waals surface area contributed by atoms with E-state index in [1.165, 1.54) is 0 Å². The number of hydrogen-bond acceptors (Lipinski definition) is 4. The van der Waals surface area contributed by atoms with Crippen LogP contribution in [0.2, 0.25) is 0 Å². The number of benzene rings is 2. The van der Waals surface area contributed by atoms with Gasteiger partial charge < -0.3 is 20.9 Å². The molecule has 108 valence electrons. The summed E-state index contributed by atoms with van der Waals surface area (Å²) < 4.78 is 9.89. The quantitative estimate of drug-likeness (QED) is 0.898. The van der Waals surface area contributed by atoms with Gasteiger partial charge in [-0.1, -0.05) is 36.4 Å². The Bertz CT molecular complexity index is 613. The summed E-state index contributed by atoms with van der Waals surface area (Å²) in [5, 5.41) is 0. The maximum absolute atomic E-state index is 10.9. The van der Waals surface area contributed by atoms with Gasteiger partial charge in [0.25, 0.3) is 0 Å². The summed E-state index contributed by atoms with van der Waals surface area (Å²) in [6.45, 7) is 0. The summed E-state index contributed by atoms with van der Waals surface area (Å²) in [6, 6.07) is 13.9. The van der Waals surface area contributed by atoms with Crippen LogP contribution in [0.25, 0.3) is 0 Å². The first kappa shape index (κ1) is 14.4. The van der Waals surface area contributed by atoms with Crippen LogP contribution < -0.4 is 20.9 Å². The summed E-state index contributed by atoms with van der Waals surface area (Å²) in [7, 11) is 0. The van der Waals surface area contributed by atoms with Gasteiger partial charge in [-0.2, -0.15) is 0 Å². The Hall–Kier alpha value is -3.02. The van der Waals surface area contributed by atoms with E-state index in [-0.39, 0.29) is 0 Å². The first-order valence-corrected chi connectivity index (χ1v) is 6.16. The van der Waals surface area contributed by atoms with E-state index in [2.05, 4.69) is 0 Å². The third-order valence-electron chi connectivity index (χ3n) is 2.75. The third-order valence-corrected chi connectivity index (χ3v) is 2.75. The van der Waals surface area contributed by atoms with Gasteiger partial charge in [0.2, 0.25) is 0 Å². The second-order valence-corrected chi connectivity index (χ2v) is 4.23. The highest BCUT2D eigenvalue weighted by Crippen LogP contribution is 2.26. The number of carbonyl (C=O) groups excluding carboxylic acids is 2. The molecule has 21 heavy (non-hydrogen) atoms. The van der Waals surface area contributed by atoms with E-state index < -0.39 is 12.2 Å². The van der Waals surface area contributed by atoms with Gasteiger partial charge in [-0.15, -0.1) is 0 Å². The largest absolute Gasteiger partial charge is 0.410 e. The summed E-state index contributed by atoms with van der Waals surface area (Å²) in [5.41, 5.74) is 11.5. The Morgan fingerprint density at radius 2 is 1.14 bits per heavy atom. The van der Waals surface area contributed by atoms with Crippen LogP contribution in [-0.2, 0) is 6.42 Å². The molecule has 2 amide bonds. The van der Waals surface area contributed by atoms with Crippen LogP contribution in [0.4, 0.5) is 9.59 Å². The molecule has 2 aromatic carbocycles. The average molecular weight is 286 g/mol. The first-order chi connectivity index (χ1) is 10.1. The topological polar surface area (TPSA) is 105 Å². The molecule has 0 aliphatic rings. The Balaban J connectivity index is 2.30. The minimum atomic E-state index is -0.885. The predicted molar refractivity (Wildman–Crippen MR) is 76.1 cm³/mol. The highest BCUT2D eigenvalue weighted by Gasteiger charge is 2.11. The molecule has 0 saturated carbocycles. The smallest absolute Gasteiger partial charge is 0.409 e. The van der Waals surface area contributed by atoms with E-state index in [1.807, 2.05) is 0 Å². The average Bonchev–Trinajstić information content (AvgIpc) is 2.42. The molecule has 6 heteroatoms. The molecule has 4 N–H and O–H groups in total. The van der Waals surface area contributed by atoms with Gasteiger partial charge in [-0.25, -0.2) is 9.59 Å². The van der Waals surface area contributed by atoms with E-state index in [4.69, 9.17) is 20.9 Å². The molecule has 0 unspecified atom stereocenters. The second kappa shape index (κ2) is 6.42. The van der Waals surface area contributed by atoms with E-state index in [0.717, 1.165) is 11.1 Å². The van der Waals surface area contributed by atoms with E-state index in [9.17, 15) is 9.59 Å². The van der Waals surface area contributed by atoms with Crippen molar-refractivity contribution in [1.82, 2.24) is 0 Å². The van der Waals surface area contributed by atoms with Gasteiger partial charge in [0, 0.05) is 6.42 Å². The number of ether oxygens (including phenoxy) is 2. The fourth-order valence-corrected chi connectivity index (χ4v) is 1.92. The molecule has 2 aromatic rings. The second-order valence-electron chi connectivity index (χ2n) is 4.23. The Kier molecular flexibility index (Phi) is 4.40. The Morgan fingerprint density at radius 3 is 1.52 bits per heavy atom. The molecule has 0 aliphatic carbocycles. The number of amides is 2. The maximum Gasteiger partial charge on any atom is 0.409 e. The zero-order chi connectivity index (χ0) is 15.2. The fourth-order valence-electron chi connectivity index (χ4n) is 1.92. The minimum absolute atomic E-state index is 0.360. The molecular formula is C15H14N2O4. The number of primary amides is 2. The van der Waals surface area contributed by atoms with Crippen molar-refractivity contribution in [1.29, 1.82) is 0 Å². The van der Waals surface area contributed by atoms with Crippen LogP contribution >= 0.6 is 0 Å². The summed E-state index contributed by atoms with van der Waals surface area (Å²) in [4.78, 5) is 21.8. The van der Waals surface area contributed by atoms with E-state index >= 15 is 0 Å². The standard InChI is InChI=1S/C15H14N2O4/c16-14(18)20-12-7-3-1-5-10(12)9-11-6-2-4-8-13(11)21-15(17)19/h1-8H,9H2,(H2,16,18)(H2,17,19). The Labute approximate surface area is 121 Å². The molecule has 0 fully saturated rings. The molecule has 0 bridgehead atoms. The van der Waals surface area contributed by atoms with Gasteiger partial charge in [-0.3, -0.25) is 0 Å². The van der Waals surface area contributed by atoms with Crippen LogP contribution in [0.3, 0.4) is 0 Å². The van der Waals surface area contributed by atoms with E-state index in [1.54, 1.807) is 48.5 Å². The molecule has 0 saturated heterocycles. The van der Waals surface area contributed by atoms with Crippen molar-refractivity contribution < 1.29 is 19.1 Å². The normalized spacial score (nSPS) is 9.90. The van der Waals surface area contributed by atoms with Crippen LogP contribution in [0.15, 0.2) is 48.5 Å². The molecule has 0 spiro atoms. The van der Waals surface area contributed by atoms with Gasteiger partial charge in [0.05, 0.1) is 0 Å². The third kappa shape index (κ3) is 3.97. The molecule has 0 heterocycles. The van der Waals surface area contributed by atoms with Crippen LogP contribution in [-0.4, -0.2) is 12.2 Å². The predicted octanol–water partition coefficient (Wildman–Crippen LogP) is 2.19. The fraction of sp³-hybridized carbons (Fsp3) is 0.0667. The van der Waals surface area contributed by atoms with Crippen LogP contribution in [0, 0.1) is 0 Å². The van der Waals surface area contributed by atoms with Gasteiger partial charge >= 0.3 is 12.2 Å². The molecule has 0 atom stereocenters. The summed E-state index contributed by atoms with van der Waals surface area (Å²) >= 11 is 0. The maximum atomic E-state index is 10.9. The van der Waals surface area contributed by atoms with Crippen molar-refractivity contribution in [3.8, 4) is 11.5 Å². The molecule has 0 aromatic heterocycles. The highest BCUT2D eigenvalue weighted by molar-refractivity contribution is 5.69. The number of carbonyl (C=O) groups is 2. The number of hydrogen-bond donors (Lipinski definition) is 2. The molecular weight excluding hydrogens is 272 g/mol. The van der Waals surface area contributed by atoms with Crippen molar-refractivity contribution >= 4 is 12.2 Å². The highest BCUT2D eigenvalue weighted by atomic mass is 16.6. The number of rotatable bonds is 4.